The van der Waals surface area contributed by atoms with Crippen molar-refractivity contribution in [2.45, 2.75) is 44.6 Å². The van der Waals surface area contributed by atoms with Crippen LogP contribution in [0, 0.1) is 20.8 Å². The van der Waals surface area contributed by atoms with Gasteiger partial charge in [-0.25, -0.2) is 8.42 Å². The molecule has 0 spiro atoms. The standard InChI is InChI=1S/C21H26N2O4S/c1-14-6-9-19(16(3)11-14)23-28(25,26)20-12-17(8-7-15(20)2)21(24)22-13-18-5-4-10-27-18/h6-9,11-12,18,23H,4-5,10,13H2,1-3H3,(H,22,24)/t18-/m1/s1. The lowest BCUT2D eigenvalue weighted by atomic mass is 10.1. The predicted molar refractivity (Wildman–Crippen MR) is 109 cm³/mol. The first-order chi connectivity index (χ1) is 13.3. The molecule has 0 aliphatic carbocycles. The molecule has 28 heavy (non-hydrogen) atoms. The molecule has 0 radical (unpaired) electrons. The van der Waals surface area contributed by atoms with E-state index in [4.69, 9.17) is 4.74 Å². The molecular formula is C21H26N2O4S. The van der Waals surface area contributed by atoms with Gasteiger partial charge in [0.15, 0.2) is 0 Å². The number of rotatable bonds is 6. The first-order valence-corrected chi connectivity index (χ1v) is 10.8. The molecular weight excluding hydrogens is 376 g/mol. The van der Waals surface area contributed by atoms with Gasteiger partial charge < -0.3 is 10.1 Å². The highest BCUT2D eigenvalue weighted by Gasteiger charge is 2.21. The molecule has 2 N–H and O–H groups in total. The van der Waals surface area contributed by atoms with Gasteiger partial charge >= 0.3 is 0 Å². The Morgan fingerprint density at radius 2 is 1.89 bits per heavy atom. The Morgan fingerprint density at radius 1 is 1.11 bits per heavy atom. The summed E-state index contributed by atoms with van der Waals surface area (Å²) in [6.07, 6.45) is 1.95. The molecule has 7 heteroatoms. The van der Waals surface area contributed by atoms with Gasteiger partial charge in [0.1, 0.15) is 0 Å². The summed E-state index contributed by atoms with van der Waals surface area (Å²) in [6, 6.07) is 10.2. The van der Waals surface area contributed by atoms with Crippen LogP contribution in [0.15, 0.2) is 41.3 Å². The van der Waals surface area contributed by atoms with Gasteiger partial charge in [0.2, 0.25) is 0 Å². The third-order valence-corrected chi connectivity index (χ3v) is 6.39. The largest absolute Gasteiger partial charge is 0.376 e. The number of amides is 1. The summed E-state index contributed by atoms with van der Waals surface area (Å²) in [5.74, 6) is -0.307. The summed E-state index contributed by atoms with van der Waals surface area (Å²) in [6.45, 7) is 6.67. The molecule has 1 aliphatic rings. The summed E-state index contributed by atoms with van der Waals surface area (Å²) < 4.78 is 34.0. The Bertz CT molecular complexity index is 980. The summed E-state index contributed by atoms with van der Waals surface area (Å²) in [5.41, 5.74) is 3.31. The van der Waals surface area contributed by atoms with E-state index in [1.165, 1.54) is 6.07 Å². The molecule has 6 nitrogen and oxygen atoms in total. The van der Waals surface area contributed by atoms with Gasteiger partial charge in [0, 0.05) is 18.7 Å². The van der Waals surface area contributed by atoms with Crippen molar-refractivity contribution in [2.24, 2.45) is 0 Å². The molecule has 1 heterocycles. The molecule has 0 saturated carbocycles. The second-order valence-corrected chi connectivity index (χ2v) is 8.90. The summed E-state index contributed by atoms with van der Waals surface area (Å²) in [5, 5.41) is 2.82. The van der Waals surface area contributed by atoms with Crippen LogP contribution in [-0.4, -0.2) is 33.6 Å². The topological polar surface area (TPSA) is 84.5 Å². The second kappa shape index (κ2) is 8.32. The van der Waals surface area contributed by atoms with Crippen LogP contribution in [0.2, 0.25) is 0 Å². The Kier molecular flexibility index (Phi) is 6.05. The fourth-order valence-corrected chi connectivity index (χ4v) is 4.68. The monoisotopic (exact) mass is 402 g/mol. The van der Waals surface area contributed by atoms with E-state index in [0.29, 0.717) is 23.4 Å². The molecule has 1 atom stereocenters. The van der Waals surface area contributed by atoms with Crippen molar-refractivity contribution >= 4 is 21.6 Å². The number of benzene rings is 2. The number of aryl methyl sites for hydroxylation is 3. The molecule has 2 aromatic carbocycles. The minimum Gasteiger partial charge on any atom is -0.376 e. The Labute approximate surface area is 166 Å². The van der Waals surface area contributed by atoms with Crippen molar-refractivity contribution in [1.82, 2.24) is 5.32 Å². The van der Waals surface area contributed by atoms with E-state index in [1.807, 2.05) is 26.0 Å². The van der Waals surface area contributed by atoms with Gasteiger partial charge in [0.25, 0.3) is 15.9 Å². The number of sulfonamides is 1. The number of hydrogen-bond donors (Lipinski definition) is 2. The molecule has 1 aliphatic heterocycles. The van der Waals surface area contributed by atoms with E-state index in [1.54, 1.807) is 25.1 Å². The molecule has 150 valence electrons. The minimum absolute atomic E-state index is 0.0313. The maximum absolute atomic E-state index is 12.9. The van der Waals surface area contributed by atoms with Gasteiger partial charge in [-0.3, -0.25) is 9.52 Å². The van der Waals surface area contributed by atoms with Gasteiger partial charge in [-0.05, 0) is 62.9 Å². The smallest absolute Gasteiger partial charge is 0.262 e. The number of nitrogens with one attached hydrogen (secondary N) is 2. The van der Waals surface area contributed by atoms with Crippen LogP contribution < -0.4 is 10.0 Å². The number of hydrogen-bond acceptors (Lipinski definition) is 4. The van der Waals surface area contributed by atoms with E-state index in [-0.39, 0.29) is 16.9 Å². The predicted octanol–water partition coefficient (Wildman–Crippen LogP) is 3.32. The maximum atomic E-state index is 12.9. The van der Waals surface area contributed by atoms with Crippen molar-refractivity contribution in [3.63, 3.8) is 0 Å². The zero-order valence-corrected chi connectivity index (χ0v) is 17.2. The van der Waals surface area contributed by atoms with Crippen LogP contribution in [0.25, 0.3) is 0 Å². The SMILES string of the molecule is Cc1ccc(NS(=O)(=O)c2cc(C(=O)NC[C@H]3CCCO3)ccc2C)c(C)c1. The number of carbonyl (C=O) groups excluding carboxylic acids is 1. The number of ether oxygens (including phenoxy) is 1. The molecule has 3 rings (SSSR count). The fraction of sp³-hybridized carbons (Fsp3) is 0.381. The van der Waals surface area contributed by atoms with Gasteiger partial charge in [-0.1, -0.05) is 23.8 Å². The quantitative estimate of drug-likeness (QED) is 0.776. The molecule has 1 fully saturated rings. The second-order valence-electron chi connectivity index (χ2n) is 7.25. The molecule has 0 unspecified atom stereocenters. The fourth-order valence-electron chi connectivity index (χ4n) is 3.27. The van der Waals surface area contributed by atoms with Crippen LogP contribution >= 0.6 is 0 Å². The highest BCUT2D eigenvalue weighted by Crippen LogP contribution is 2.23. The first-order valence-electron chi connectivity index (χ1n) is 9.37. The highest BCUT2D eigenvalue weighted by atomic mass is 32.2. The minimum atomic E-state index is -3.82. The normalized spacial score (nSPS) is 16.8. The third-order valence-electron chi connectivity index (χ3n) is 4.88. The summed E-state index contributed by atoms with van der Waals surface area (Å²) >= 11 is 0. The zero-order valence-electron chi connectivity index (χ0n) is 16.4. The highest BCUT2D eigenvalue weighted by molar-refractivity contribution is 7.92. The maximum Gasteiger partial charge on any atom is 0.262 e. The van der Waals surface area contributed by atoms with Gasteiger partial charge in [-0.15, -0.1) is 0 Å². The van der Waals surface area contributed by atoms with Crippen molar-refractivity contribution in [3.05, 3.63) is 58.7 Å². The molecule has 0 aromatic heterocycles. The molecule has 2 aromatic rings. The van der Waals surface area contributed by atoms with Gasteiger partial charge in [-0.2, -0.15) is 0 Å². The Morgan fingerprint density at radius 3 is 2.57 bits per heavy atom. The van der Waals surface area contributed by atoms with E-state index in [0.717, 1.165) is 30.6 Å². The molecule has 0 bridgehead atoms. The number of anilines is 1. The summed E-state index contributed by atoms with van der Waals surface area (Å²) in [4.78, 5) is 12.6. The Balaban J connectivity index is 1.80. The average Bonchev–Trinajstić information content (AvgIpc) is 3.16. The third kappa shape index (κ3) is 4.72. The van der Waals surface area contributed by atoms with E-state index in [2.05, 4.69) is 10.0 Å². The van der Waals surface area contributed by atoms with Crippen molar-refractivity contribution in [2.75, 3.05) is 17.9 Å². The molecule has 1 amide bonds. The van der Waals surface area contributed by atoms with Crippen LogP contribution in [0.3, 0.4) is 0 Å². The molecule has 1 saturated heterocycles. The number of carbonyl (C=O) groups is 1. The average molecular weight is 403 g/mol. The van der Waals surface area contributed by atoms with E-state index >= 15 is 0 Å². The Hall–Kier alpha value is -2.38. The van der Waals surface area contributed by atoms with Crippen LogP contribution in [0.1, 0.15) is 39.9 Å². The van der Waals surface area contributed by atoms with Crippen molar-refractivity contribution in [3.8, 4) is 0 Å². The lowest BCUT2D eigenvalue weighted by molar-refractivity contribution is 0.0857. The lowest BCUT2D eigenvalue weighted by Gasteiger charge is -2.15. The van der Waals surface area contributed by atoms with Crippen molar-refractivity contribution < 1.29 is 17.9 Å². The first kappa shape index (κ1) is 20.4. The van der Waals surface area contributed by atoms with Crippen LogP contribution in [-0.2, 0) is 14.8 Å². The summed E-state index contributed by atoms with van der Waals surface area (Å²) in [7, 11) is -3.82. The lowest BCUT2D eigenvalue weighted by Crippen LogP contribution is -2.32. The van der Waals surface area contributed by atoms with Crippen LogP contribution in [0.5, 0.6) is 0 Å². The van der Waals surface area contributed by atoms with Crippen LogP contribution in [0.4, 0.5) is 5.69 Å². The van der Waals surface area contributed by atoms with Gasteiger partial charge in [0.05, 0.1) is 16.7 Å². The van der Waals surface area contributed by atoms with Crippen molar-refractivity contribution in [1.29, 1.82) is 0 Å². The van der Waals surface area contributed by atoms with E-state index < -0.39 is 10.0 Å². The zero-order chi connectivity index (χ0) is 20.3. The van der Waals surface area contributed by atoms with E-state index in [9.17, 15) is 13.2 Å².